The lowest BCUT2D eigenvalue weighted by Crippen LogP contribution is -2.46. The van der Waals surface area contributed by atoms with E-state index >= 15 is 0 Å². The van der Waals surface area contributed by atoms with Crippen molar-refractivity contribution in [2.24, 2.45) is 0 Å². The zero-order chi connectivity index (χ0) is 19.9. The first-order chi connectivity index (χ1) is 13.6. The largest absolute Gasteiger partial charge is 0.450 e. The van der Waals surface area contributed by atoms with Crippen molar-refractivity contribution in [2.75, 3.05) is 32.8 Å². The van der Waals surface area contributed by atoms with E-state index < -0.39 is 0 Å². The van der Waals surface area contributed by atoms with Crippen LogP contribution in [0.2, 0.25) is 0 Å². The Morgan fingerprint density at radius 3 is 2.50 bits per heavy atom. The van der Waals surface area contributed by atoms with Crippen LogP contribution in [-0.4, -0.2) is 71.5 Å². The second-order valence-electron chi connectivity index (χ2n) is 7.22. The Hall–Kier alpha value is -2.64. The number of aromatic nitrogens is 1. The fourth-order valence-electron chi connectivity index (χ4n) is 3.65. The molecule has 3 heterocycles. The Bertz CT molecular complexity index is 710. The molecule has 0 spiro atoms. The van der Waals surface area contributed by atoms with Crippen LogP contribution >= 0.6 is 0 Å². The van der Waals surface area contributed by atoms with Gasteiger partial charge in [-0.3, -0.25) is 14.6 Å². The highest BCUT2D eigenvalue weighted by Crippen LogP contribution is 2.15. The molecule has 1 aromatic heterocycles. The number of ether oxygens (including phenoxy) is 1. The van der Waals surface area contributed by atoms with Crippen LogP contribution in [0.25, 0.3) is 0 Å². The minimum absolute atomic E-state index is 0.0265. The van der Waals surface area contributed by atoms with Gasteiger partial charge < -0.3 is 19.9 Å². The van der Waals surface area contributed by atoms with Crippen molar-refractivity contribution < 1.29 is 19.1 Å². The third-order valence-corrected chi connectivity index (χ3v) is 5.24. The standard InChI is InChI=1S/C20H28N4O4/c1-2-28-20(27)24-12-7-16(8-13-24)22-18(25)17-14-15(6-9-21-17)19(26)23-10-4-3-5-11-23/h6,9,14,16H,2-5,7-8,10-13H2,1H3,(H,22,25). The molecule has 3 rings (SSSR count). The van der Waals surface area contributed by atoms with E-state index in [2.05, 4.69) is 10.3 Å². The number of nitrogens with one attached hydrogen (secondary N) is 1. The van der Waals surface area contributed by atoms with Crippen LogP contribution in [0.4, 0.5) is 4.79 Å². The Morgan fingerprint density at radius 2 is 1.82 bits per heavy atom. The number of hydrogen-bond donors (Lipinski definition) is 1. The van der Waals surface area contributed by atoms with Crippen molar-refractivity contribution in [3.8, 4) is 0 Å². The molecule has 0 bridgehead atoms. The number of carbonyl (C=O) groups excluding carboxylic acids is 3. The monoisotopic (exact) mass is 388 g/mol. The van der Waals surface area contributed by atoms with Crippen molar-refractivity contribution in [1.82, 2.24) is 20.1 Å². The van der Waals surface area contributed by atoms with Gasteiger partial charge in [-0.1, -0.05) is 0 Å². The SMILES string of the molecule is CCOC(=O)N1CCC(NC(=O)c2cc(C(=O)N3CCCCC3)ccn2)CC1. The highest BCUT2D eigenvalue weighted by Gasteiger charge is 2.25. The van der Waals surface area contributed by atoms with Gasteiger partial charge in [0.15, 0.2) is 0 Å². The smallest absolute Gasteiger partial charge is 0.409 e. The molecular formula is C20H28N4O4. The van der Waals surface area contributed by atoms with E-state index in [1.807, 2.05) is 4.90 Å². The molecule has 28 heavy (non-hydrogen) atoms. The van der Waals surface area contributed by atoms with Crippen molar-refractivity contribution >= 4 is 17.9 Å². The molecule has 0 aromatic carbocycles. The summed E-state index contributed by atoms with van der Waals surface area (Å²) in [6, 6.07) is 3.20. The Balaban J connectivity index is 1.55. The molecule has 2 saturated heterocycles. The third-order valence-electron chi connectivity index (χ3n) is 5.24. The highest BCUT2D eigenvalue weighted by atomic mass is 16.6. The Morgan fingerprint density at radius 1 is 1.11 bits per heavy atom. The summed E-state index contributed by atoms with van der Waals surface area (Å²) >= 11 is 0. The molecule has 1 N–H and O–H groups in total. The van der Waals surface area contributed by atoms with Gasteiger partial charge in [-0.15, -0.1) is 0 Å². The second-order valence-corrected chi connectivity index (χ2v) is 7.22. The summed E-state index contributed by atoms with van der Waals surface area (Å²) in [5, 5.41) is 2.97. The van der Waals surface area contributed by atoms with Crippen LogP contribution in [0.3, 0.4) is 0 Å². The van der Waals surface area contributed by atoms with E-state index in [-0.39, 0.29) is 29.6 Å². The Labute approximate surface area is 165 Å². The number of likely N-dealkylation sites (tertiary alicyclic amines) is 2. The molecule has 0 saturated carbocycles. The number of rotatable bonds is 4. The number of piperidine rings is 2. The normalized spacial score (nSPS) is 17.9. The third kappa shape index (κ3) is 4.99. The van der Waals surface area contributed by atoms with Gasteiger partial charge in [0, 0.05) is 44.0 Å². The lowest BCUT2D eigenvalue weighted by atomic mass is 10.0. The highest BCUT2D eigenvalue weighted by molar-refractivity contribution is 5.98. The van der Waals surface area contributed by atoms with E-state index in [0.29, 0.717) is 38.1 Å². The van der Waals surface area contributed by atoms with E-state index in [0.717, 1.165) is 32.4 Å². The fourth-order valence-corrected chi connectivity index (χ4v) is 3.65. The van der Waals surface area contributed by atoms with Gasteiger partial charge in [-0.05, 0) is 51.2 Å². The van der Waals surface area contributed by atoms with Gasteiger partial charge in [0.2, 0.25) is 0 Å². The van der Waals surface area contributed by atoms with Gasteiger partial charge in [0.05, 0.1) is 6.61 Å². The predicted octanol–water partition coefficient (Wildman–Crippen LogP) is 2.06. The molecule has 8 heteroatoms. The van der Waals surface area contributed by atoms with Crippen LogP contribution in [0, 0.1) is 0 Å². The number of amides is 3. The van der Waals surface area contributed by atoms with Crippen molar-refractivity contribution in [3.05, 3.63) is 29.6 Å². The predicted molar refractivity (Wildman–Crippen MR) is 103 cm³/mol. The summed E-state index contributed by atoms with van der Waals surface area (Å²) in [6.45, 7) is 4.76. The molecule has 152 valence electrons. The topological polar surface area (TPSA) is 91.8 Å². The minimum Gasteiger partial charge on any atom is -0.450 e. The molecule has 0 atom stereocenters. The zero-order valence-electron chi connectivity index (χ0n) is 16.4. The summed E-state index contributed by atoms with van der Waals surface area (Å²) in [4.78, 5) is 44.6. The summed E-state index contributed by atoms with van der Waals surface area (Å²) in [5.41, 5.74) is 0.745. The van der Waals surface area contributed by atoms with E-state index in [1.165, 1.54) is 6.20 Å². The maximum Gasteiger partial charge on any atom is 0.409 e. The van der Waals surface area contributed by atoms with Crippen molar-refractivity contribution in [3.63, 3.8) is 0 Å². The van der Waals surface area contributed by atoms with E-state index in [9.17, 15) is 14.4 Å². The summed E-state index contributed by atoms with van der Waals surface area (Å²) < 4.78 is 5.01. The molecule has 2 fully saturated rings. The summed E-state index contributed by atoms with van der Waals surface area (Å²) in [7, 11) is 0. The lowest BCUT2D eigenvalue weighted by molar-refractivity contribution is 0.0724. The van der Waals surface area contributed by atoms with Crippen LogP contribution in [0.15, 0.2) is 18.3 Å². The Kier molecular flexibility index (Phi) is 6.84. The average molecular weight is 388 g/mol. The quantitative estimate of drug-likeness (QED) is 0.852. The first-order valence-corrected chi connectivity index (χ1v) is 10.1. The van der Waals surface area contributed by atoms with Gasteiger partial charge in [-0.25, -0.2) is 4.79 Å². The van der Waals surface area contributed by atoms with E-state index in [1.54, 1.807) is 24.0 Å². The van der Waals surface area contributed by atoms with E-state index in [4.69, 9.17) is 4.74 Å². The van der Waals surface area contributed by atoms with Crippen molar-refractivity contribution in [1.29, 1.82) is 0 Å². The number of carbonyl (C=O) groups is 3. The van der Waals surface area contributed by atoms with Gasteiger partial charge in [0.1, 0.15) is 5.69 Å². The van der Waals surface area contributed by atoms with Crippen LogP contribution in [0.1, 0.15) is 59.9 Å². The average Bonchev–Trinajstić information content (AvgIpc) is 2.74. The molecule has 0 radical (unpaired) electrons. The van der Waals surface area contributed by atoms with Gasteiger partial charge in [-0.2, -0.15) is 0 Å². The molecular weight excluding hydrogens is 360 g/mol. The lowest BCUT2D eigenvalue weighted by Gasteiger charge is -2.31. The molecule has 8 nitrogen and oxygen atoms in total. The molecule has 2 aliphatic rings. The van der Waals surface area contributed by atoms with Crippen molar-refractivity contribution in [2.45, 2.75) is 45.1 Å². The second kappa shape index (κ2) is 9.52. The maximum absolute atomic E-state index is 12.6. The number of hydrogen-bond acceptors (Lipinski definition) is 5. The number of pyridine rings is 1. The first kappa shape index (κ1) is 20.1. The van der Waals surface area contributed by atoms with Crippen LogP contribution in [0.5, 0.6) is 0 Å². The maximum atomic E-state index is 12.6. The number of nitrogens with zero attached hydrogens (tertiary/aromatic N) is 3. The summed E-state index contributed by atoms with van der Waals surface area (Å²) in [6.07, 6.45) is 5.73. The first-order valence-electron chi connectivity index (χ1n) is 10.1. The molecule has 0 aliphatic carbocycles. The molecule has 3 amide bonds. The van der Waals surface area contributed by atoms with Gasteiger partial charge in [0.25, 0.3) is 11.8 Å². The fraction of sp³-hybridized carbons (Fsp3) is 0.600. The zero-order valence-corrected chi connectivity index (χ0v) is 16.4. The van der Waals surface area contributed by atoms with Crippen LogP contribution < -0.4 is 5.32 Å². The van der Waals surface area contributed by atoms with Gasteiger partial charge >= 0.3 is 6.09 Å². The molecule has 1 aromatic rings. The molecule has 2 aliphatic heterocycles. The summed E-state index contributed by atoms with van der Waals surface area (Å²) in [5.74, 6) is -0.332. The minimum atomic E-state index is -0.308. The van der Waals surface area contributed by atoms with Crippen LogP contribution in [-0.2, 0) is 4.74 Å². The molecule has 0 unspecified atom stereocenters.